The number of ether oxygens (including phenoxy) is 3. The van der Waals surface area contributed by atoms with Crippen molar-refractivity contribution >= 4 is 17.9 Å². The van der Waals surface area contributed by atoms with Crippen molar-refractivity contribution in [1.29, 1.82) is 0 Å². The molecule has 0 aromatic carbocycles. The van der Waals surface area contributed by atoms with E-state index in [0.717, 1.165) is 116 Å². The quantitative estimate of drug-likeness (QED) is 0.0262. The Morgan fingerprint density at radius 1 is 0.304 bits per heavy atom. The van der Waals surface area contributed by atoms with Crippen molar-refractivity contribution in [1.82, 2.24) is 0 Å². The van der Waals surface area contributed by atoms with Gasteiger partial charge in [-0.1, -0.05) is 233 Å². The molecule has 392 valence electrons. The number of esters is 3. The molecule has 0 aromatic rings. The molecular weight excluding hydrogens is 853 g/mol. The topological polar surface area (TPSA) is 78.9 Å². The van der Waals surface area contributed by atoms with E-state index in [0.29, 0.717) is 19.3 Å². The molecule has 6 heteroatoms. The fourth-order valence-corrected chi connectivity index (χ4v) is 7.51. The van der Waals surface area contributed by atoms with Gasteiger partial charge >= 0.3 is 17.9 Å². The van der Waals surface area contributed by atoms with Crippen LogP contribution in [0.5, 0.6) is 0 Å². The van der Waals surface area contributed by atoms with Gasteiger partial charge in [-0.25, -0.2) is 0 Å². The van der Waals surface area contributed by atoms with E-state index in [9.17, 15) is 14.4 Å². The minimum atomic E-state index is -0.801. The average molecular weight is 958 g/mol. The first-order valence-electron chi connectivity index (χ1n) is 28.4. The van der Waals surface area contributed by atoms with Crippen LogP contribution in [0.4, 0.5) is 0 Å². The van der Waals surface area contributed by atoms with Gasteiger partial charge in [-0.15, -0.1) is 0 Å². The van der Waals surface area contributed by atoms with E-state index >= 15 is 0 Å². The predicted molar refractivity (Wildman–Crippen MR) is 297 cm³/mol. The molecule has 0 saturated heterocycles. The van der Waals surface area contributed by atoms with Gasteiger partial charge in [0.1, 0.15) is 13.2 Å². The zero-order valence-corrected chi connectivity index (χ0v) is 44.8. The third-order valence-electron chi connectivity index (χ3n) is 11.8. The maximum Gasteiger partial charge on any atom is 0.306 e. The maximum atomic E-state index is 12.8. The average Bonchev–Trinajstić information content (AvgIpc) is 3.35. The standard InChI is InChI=1S/C63H104O6/c1-4-7-10-13-15-17-19-21-23-25-27-29-30-31-32-34-35-37-39-41-43-45-47-50-53-56-62(65)68-59-60(58-67-61(64)55-52-49-12-9-6-3)69-63(66)57-54-51-48-46-44-42-40-38-36-33-28-26-24-22-20-18-16-14-11-8-5-2/h8,11,16,18-19,21-22,24-25,27-28,30-31,33,38,40,44,46,60H,4-7,9-10,12-15,17,20,23,26,29,32,34-37,39,41-43,45,47-59H2,1-3H3/b11-8-,18-16-,21-19-,24-22-,27-25-,31-30-,33-28-,40-38-,46-44-. The van der Waals surface area contributed by atoms with Crippen LogP contribution in [0.25, 0.3) is 0 Å². The summed E-state index contributed by atoms with van der Waals surface area (Å²) in [4.78, 5) is 37.8. The Bertz CT molecular complexity index is 1420. The van der Waals surface area contributed by atoms with Gasteiger partial charge in [0.2, 0.25) is 0 Å². The van der Waals surface area contributed by atoms with Crippen LogP contribution < -0.4 is 0 Å². The number of unbranched alkanes of at least 4 members (excludes halogenated alkanes) is 21. The molecule has 0 heterocycles. The van der Waals surface area contributed by atoms with Gasteiger partial charge < -0.3 is 14.2 Å². The van der Waals surface area contributed by atoms with Gasteiger partial charge in [0.05, 0.1) is 0 Å². The molecule has 0 saturated carbocycles. The molecule has 0 spiro atoms. The molecule has 6 nitrogen and oxygen atoms in total. The lowest BCUT2D eigenvalue weighted by atomic mass is 10.1. The summed E-state index contributed by atoms with van der Waals surface area (Å²) in [5.74, 6) is -0.963. The number of rotatable bonds is 50. The maximum absolute atomic E-state index is 12.8. The summed E-state index contributed by atoms with van der Waals surface area (Å²) in [6.45, 7) is 6.38. The molecule has 0 aliphatic heterocycles. The minimum Gasteiger partial charge on any atom is -0.462 e. The summed E-state index contributed by atoms with van der Waals surface area (Å²) in [6, 6.07) is 0. The van der Waals surface area contributed by atoms with Crippen molar-refractivity contribution < 1.29 is 28.6 Å². The Morgan fingerprint density at radius 2 is 0.565 bits per heavy atom. The zero-order chi connectivity index (χ0) is 50.0. The van der Waals surface area contributed by atoms with Gasteiger partial charge in [-0.2, -0.15) is 0 Å². The molecule has 0 bridgehead atoms. The molecule has 0 fully saturated rings. The van der Waals surface area contributed by atoms with Crippen molar-refractivity contribution in [2.75, 3.05) is 13.2 Å². The van der Waals surface area contributed by atoms with Crippen LogP contribution in [-0.4, -0.2) is 37.2 Å². The molecular formula is C63H104O6. The van der Waals surface area contributed by atoms with Crippen molar-refractivity contribution in [2.24, 2.45) is 0 Å². The predicted octanol–water partition coefficient (Wildman–Crippen LogP) is 19.1. The van der Waals surface area contributed by atoms with Gasteiger partial charge in [0.15, 0.2) is 6.10 Å². The highest BCUT2D eigenvalue weighted by Gasteiger charge is 2.19. The number of carbonyl (C=O) groups excluding carboxylic acids is 3. The van der Waals surface area contributed by atoms with Crippen molar-refractivity contribution in [3.05, 3.63) is 109 Å². The Labute approximate surface area is 425 Å². The van der Waals surface area contributed by atoms with Crippen LogP contribution >= 0.6 is 0 Å². The molecule has 0 rings (SSSR count). The largest absolute Gasteiger partial charge is 0.462 e. The SMILES string of the molecule is CC/C=C\C/C=C\C/C=C\C/C=C\C/C=C\C/C=C\CCCCC(=O)OC(COC(=O)CCCCCCC)COC(=O)CCCCCCCCCCCC/C=C\C/C=C\C/C=C\CCCCCCC. The fraction of sp³-hybridized carbons (Fsp3) is 0.667. The lowest BCUT2D eigenvalue weighted by molar-refractivity contribution is -0.167. The lowest BCUT2D eigenvalue weighted by Gasteiger charge is -2.18. The Morgan fingerprint density at radius 3 is 0.913 bits per heavy atom. The molecule has 0 amide bonds. The third-order valence-corrected chi connectivity index (χ3v) is 11.8. The highest BCUT2D eigenvalue weighted by Crippen LogP contribution is 2.14. The molecule has 69 heavy (non-hydrogen) atoms. The van der Waals surface area contributed by atoms with Gasteiger partial charge in [-0.3, -0.25) is 14.4 Å². The molecule has 0 aliphatic rings. The highest BCUT2D eigenvalue weighted by atomic mass is 16.6. The van der Waals surface area contributed by atoms with Gasteiger partial charge in [-0.05, 0) is 109 Å². The second-order valence-electron chi connectivity index (χ2n) is 18.5. The van der Waals surface area contributed by atoms with Crippen LogP contribution in [0.1, 0.15) is 252 Å². The van der Waals surface area contributed by atoms with E-state index in [-0.39, 0.29) is 37.5 Å². The summed E-state index contributed by atoms with van der Waals surface area (Å²) < 4.78 is 16.7. The molecule has 0 aromatic heterocycles. The van der Waals surface area contributed by atoms with Gasteiger partial charge in [0, 0.05) is 19.3 Å². The number of carbonyl (C=O) groups is 3. The summed E-state index contributed by atoms with van der Waals surface area (Å²) in [5.41, 5.74) is 0. The minimum absolute atomic E-state index is 0.0992. The van der Waals surface area contributed by atoms with E-state index in [2.05, 4.69) is 130 Å². The van der Waals surface area contributed by atoms with Crippen LogP contribution in [-0.2, 0) is 28.6 Å². The van der Waals surface area contributed by atoms with Crippen LogP contribution in [0.15, 0.2) is 109 Å². The van der Waals surface area contributed by atoms with Crippen molar-refractivity contribution in [3.63, 3.8) is 0 Å². The van der Waals surface area contributed by atoms with Crippen LogP contribution in [0.3, 0.4) is 0 Å². The number of hydrogen-bond acceptors (Lipinski definition) is 6. The van der Waals surface area contributed by atoms with Crippen molar-refractivity contribution in [3.8, 4) is 0 Å². The number of allylic oxidation sites excluding steroid dienone is 18. The highest BCUT2D eigenvalue weighted by molar-refractivity contribution is 5.71. The third kappa shape index (κ3) is 54.9. The van der Waals surface area contributed by atoms with E-state index in [1.807, 2.05) is 0 Å². The van der Waals surface area contributed by atoms with E-state index in [4.69, 9.17) is 14.2 Å². The number of hydrogen-bond donors (Lipinski definition) is 0. The fourth-order valence-electron chi connectivity index (χ4n) is 7.51. The molecule has 0 N–H and O–H groups in total. The first-order valence-corrected chi connectivity index (χ1v) is 28.4. The second kappa shape index (κ2) is 56.7. The smallest absolute Gasteiger partial charge is 0.306 e. The summed E-state index contributed by atoms with van der Waals surface area (Å²) in [7, 11) is 0. The molecule has 0 aliphatic carbocycles. The van der Waals surface area contributed by atoms with Gasteiger partial charge in [0.25, 0.3) is 0 Å². The lowest BCUT2D eigenvalue weighted by Crippen LogP contribution is -2.30. The molecule has 1 unspecified atom stereocenters. The van der Waals surface area contributed by atoms with E-state index in [1.54, 1.807) is 0 Å². The first-order chi connectivity index (χ1) is 34.0. The normalized spacial score (nSPS) is 12.9. The molecule has 1 atom stereocenters. The summed E-state index contributed by atoms with van der Waals surface area (Å²) >= 11 is 0. The monoisotopic (exact) mass is 957 g/mol. The van der Waals surface area contributed by atoms with Crippen molar-refractivity contribution in [2.45, 2.75) is 258 Å². The van der Waals surface area contributed by atoms with E-state index in [1.165, 1.54) is 89.9 Å². The Hall–Kier alpha value is -3.93. The first kappa shape index (κ1) is 65.1. The zero-order valence-electron chi connectivity index (χ0n) is 44.8. The van der Waals surface area contributed by atoms with Crippen LogP contribution in [0, 0.1) is 0 Å². The van der Waals surface area contributed by atoms with Crippen LogP contribution in [0.2, 0.25) is 0 Å². The Balaban J connectivity index is 4.20. The summed E-state index contributed by atoms with van der Waals surface area (Å²) in [6.07, 6.45) is 77.0. The van der Waals surface area contributed by atoms with E-state index < -0.39 is 6.10 Å². The Kier molecular flexibility index (Phi) is 53.4. The molecule has 0 radical (unpaired) electrons. The summed E-state index contributed by atoms with van der Waals surface area (Å²) in [5, 5.41) is 0. The second-order valence-corrected chi connectivity index (χ2v) is 18.5.